The van der Waals surface area contributed by atoms with E-state index in [2.05, 4.69) is 5.32 Å². The van der Waals surface area contributed by atoms with E-state index in [1.165, 1.54) is 7.11 Å². The van der Waals surface area contributed by atoms with Gasteiger partial charge in [0.15, 0.2) is 0 Å². The van der Waals surface area contributed by atoms with E-state index in [4.69, 9.17) is 16.3 Å². The summed E-state index contributed by atoms with van der Waals surface area (Å²) in [7, 11) is 1.50. The maximum absolute atomic E-state index is 12.2. The summed E-state index contributed by atoms with van der Waals surface area (Å²) in [4.78, 5) is 26.1. The van der Waals surface area contributed by atoms with Crippen molar-refractivity contribution in [1.29, 1.82) is 0 Å². The van der Waals surface area contributed by atoms with Crippen molar-refractivity contribution in [1.82, 2.24) is 0 Å². The van der Waals surface area contributed by atoms with E-state index < -0.39 is 0 Å². The Morgan fingerprint density at radius 3 is 2.68 bits per heavy atom. The van der Waals surface area contributed by atoms with Gasteiger partial charge in [0, 0.05) is 30.1 Å². The molecule has 0 radical (unpaired) electrons. The number of nitrogens with zero attached hydrogens (tertiary/aromatic N) is 1. The molecule has 1 heterocycles. The number of halogens is 1. The monoisotopic (exact) mass is 358 g/mol. The fourth-order valence-corrected chi connectivity index (χ4v) is 3.04. The molecule has 0 saturated heterocycles. The molecule has 2 aromatic rings. The molecule has 25 heavy (non-hydrogen) atoms. The number of benzene rings is 2. The van der Waals surface area contributed by atoms with Crippen molar-refractivity contribution < 1.29 is 14.3 Å². The van der Waals surface area contributed by atoms with Gasteiger partial charge in [0.1, 0.15) is 6.61 Å². The molecule has 0 aliphatic carbocycles. The van der Waals surface area contributed by atoms with Crippen molar-refractivity contribution in [2.45, 2.75) is 12.8 Å². The quantitative estimate of drug-likeness (QED) is 0.893. The number of amides is 2. The fraction of sp³-hybridized carbons (Fsp3) is 0.263. The first-order chi connectivity index (χ1) is 12.1. The van der Waals surface area contributed by atoms with E-state index in [0.717, 1.165) is 23.2 Å². The van der Waals surface area contributed by atoms with Crippen LogP contribution in [0.25, 0.3) is 0 Å². The molecule has 0 spiro atoms. The lowest BCUT2D eigenvalue weighted by Crippen LogP contribution is -2.32. The fourth-order valence-electron chi connectivity index (χ4n) is 2.91. The Kier molecular flexibility index (Phi) is 5.36. The van der Waals surface area contributed by atoms with Gasteiger partial charge in [-0.2, -0.15) is 0 Å². The first-order valence-corrected chi connectivity index (χ1v) is 8.41. The third-order valence-corrected chi connectivity index (χ3v) is 4.36. The maximum Gasteiger partial charge on any atom is 0.252 e. The Morgan fingerprint density at radius 2 is 1.96 bits per heavy atom. The molecule has 1 aliphatic heterocycles. The molecular formula is C19H19ClN2O3. The molecule has 5 nitrogen and oxygen atoms in total. The minimum absolute atomic E-state index is 0.0482. The van der Waals surface area contributed by atoms with Crippen LogP contribution in [-0.4, -0.2) is 32.1 Å². The highest BCUT2D eigenvalue weighted by Crippen LogP contribution is 2.31. The van der Waals surface area contributed by atoms with Crippen LogP contribution in [0.15, 0.2) is 42.5 Å². The summed E-state index contributed by atoms with van der Waals surface area (Å²) in [5.74, 6) is -0.194. The lowest BCUT2D eigenvalue weighted by atomic mass is 10.1. The summed E-state index contributed by atoms with van der Waals surface area (Å²) in [6, 6.07) is 12.8. The second-order valence-electron chi connectivity index (χ2n) is 5.92. The molecule has 130 valence electrons. The predicted molar refractivity (Wildman–Crippen MR) is 98.2 cm³/mol. The van der Waals surface area contributed by atoms with Crippen LogP contribution in [-0.2, 0) is 27.2 Å². The van der Waals surface area contributed by atoms with Crippen molar-refractivity contribution in [2.75, 3.05) is 30.5 Å². The number of fused-ring (bicyclic) bond motifs is 1. The van der Waals surface area contributed by atoms with Crippen LogP contribution < -0.4 is 10.2 Å². The van der Waals surface area contributed by atoms with E-state index in [-0.39, 0.29) is 24.8 Å². The number of nitrogens with one attached hydrogen (secondary N) is 1. The Balaban J connectivity index is 1.69. The van der Waals surface area contributed by atoms with Crippen molar-refractivity contribution in [3.8, 4) is 0 Å². The Hall–Kier alpha value is -2.37. The van der Waals surface area contributed by atoms with Gasteiger partial charge in [-0.1, -0.05) is 29.8 Å². The van der Waals surface area contributed by atoms with Gasteiger partial charge in [-0.05, 0) is 41.8 Å². The van der Waals surface area contributed by atoms with Crippen LogP contribution in [0.4, 0.5) is 11.4 Å². The minimum atomic E-state index is -0.116. The standard InChI is InChI=1S/C19H19ClN2O3/c1-25-12-19(24)22-9-8-14-4-7-16(11-17(14)22)21-18(23)10-13-2-5-15(20)6-3-13/h2-7,11H,8-10,12H2,1H3,(H,21,23). The predicted octanol–water partition coefficient (Wildman–Crippen LogP) is 3.06. The number of hydrogen-bond acceptors (Lipinski definition) is 3. The summed E-state index contributed by atoms with van der Waals surface area (Å²) in [5, 5.41) is 3.53. The SMILES string of the molecule is COCC(=O)N1CCc2ccc(NC(=O)Cc3ccc(Cl)cc3)cc21. The number of ether oxygens (including phenoxy) is 1. The van der Waals surface area contributed by atoms with E-state index in [1.807, 2.05) is 30.3 Å². The molecule has 1 N–H and O–H groups in total. The molecule has 1 aliphatic rings. The van der Waals surface area contributed by atoms with Crippen molar-refractivity contribution in [3.63, 3.8) is 0 Å². The van der Waals surface area contributed by atoms with Crippen LogP contribution >= 0.6 is 11.6 Å². The van der Waals surface area contributed by atoms with Gasteiger partial charge in [0.05, 0.1) is 6.42 Å². The van der Waals surface area contributed by atoms with E-state index in [1.54, 1.807) is 17.0 Å². The smallest absolute Gasteiger partial charge is 0.252 e. The largest absolute Gasteiger partial charge is 0.375 e. The molecule has 2 aromatic carbocycles. The van der Waals surface area contributed by atoms with Gasteiger partial charge in [-0.25, -0.2) is 0 Å². The highest BCUT2D eigenvalue weighted by Gasteiger charge is 2.24. The van der Waals surface area contributed by atoms with Crippen LogP contribution in [0, 0.1) is 0 Å². The van der Waals surface area contributed by atoms with Gasteiger partial charge in [0.25, 0.3) is 5.91 Å². The molecule has 6 heteroatoms. The lowest BCUT2D eigenvalue weighted by Gasteiger charge is -2.17. The molecule has 3 rings (SSSR count). The van der Waals surface area contributed by atoms with Crippen LogP contribution in [0.5, 0.6) is 0 Å². The van der Waals surface area contributed by atoms with Crippen molar-refractivity contribution in [3.05, 3.63) is 58.6 Å². The number of methoxy groups -OCH3 is 1. The average molecular weight is 359 g/mol. The van der Waals surface area contributed by atoms with Crippen LogP contribution in [0.2, 0.25) is 5.02 Å². The van der Waals surface area contributed by atoms with Gasteiger partial charge >= 0.3 is 0 Å². The summed E-state index contributed by atoms with van der Waals surface area (Å²) in [6.45, 7) is 0.687. The minimum Gasteiger partial charge on any atom is -0.375 e. The zero-order valence-electron chi connectivity index (χ0n) is 13.9. The number of hydrogen-bond donors (Lipinski definition) is 1. The summed E-state index contributed by atoms with van der Waals surface area (Å²) in [5.41, 5.74) is 3.50. The summed E-state index contributed by atoms with van der Waals surface area (Å²) in [6.07, 6.45) is 1.07. The second kappa shape index (κ2) is 7.68. The molecule has 0 saturated carbocycles. The Bertz CT molecular complexity index is 790. The van der Waals surface area contributed by atoms with Crippen LogP contribution in [0.1, 0.15) is 11.1 Å². The van der Waals surface area contributed by atoms with E-state index >= 15 is 0 Å². The number of rotatable bonds is 5. The highest BCUT2D eigenvalue weighted by atomic mass is 35.5. The third-order valence-electron chi connectivity index (χ3n) is 4.11. The Morgan fingerprint density at radius 1 is 1.20 bits per heavy atom. The van der Waals surface area contributed by atoms with Gasteiger partial charge < -0.3 is 15.0 Å². The molecular weight excluding hydrogens is 340 g/mol. The molecule has 0 aromatic heterocycles. The highest BCUT2D eigenvalue weighted by molar-refractivity contribution is 6.30. The van der Waals surface area contributed by atoms with Crippen molar-refractivity contribution >= 4 is 34.8 Å². The molecule has 0 atom stereocenters. The molecule has 0 unspecified atom stereocenters. The average Bonchev–Trinajstić information content (AvgIpc) is 3.00. The van der Waals surface area contributed by atoms with Crippen molar-refractivity contribution in [2.24, 2.45) is 0 Å². The molecule has 0 fully saturated rings. The zero-order chi connectivity index (χ0) is 17.8. The summed E-state index contributed by atoms with van der Waals surface area (Å²) >= 11 is 5.85. The molecule has 2 amide bonds. The maximum atomic E-state index is 12.2. The normalized spacial score (nSPS) is 12.8. The second-order valence-corrected chi connectivity index (χ2v) is 6.36. The topological polar surface area (TPSA) is 58.6 Å². The first kappa shape index (κ1) is 17.5. The number of carbonyl (C=O) groups excluding carboxylic acids is 2. The van der Waals surface area contributed by atoms with Crippen LogP contribution in [0.3, 0.4) is 0 Å². The third kappa shape index (κ3) is 4.18. The number of anilines is 2. The van der Waals surface area contributed by atoms with E-state index in [0.29, 0.717) is 17.3 Å². The molecule has 0 bridgehead atoms. The zero-order valence-corrected chi connectivity index (χ0v) is 14.7. The lowest BCUT2D eigenvalue weighted by molar-refractivity contribution is -0.122. The Labute approximate surface area is 151 Å². The van der Waals surface area contributed by atoms with Gasteiger partial charge in [-0.3, -0.25) is 9.59 Å². The van der Waals surface area contributed by atoms with E-state index in [9.17, 15) is 9.59 Å². The number of carbonyl (C=O) groups is 2. The van der Waals surface area contributed by atoms with Gasteiger partial charge in [0.2, 0.25) is 5.91 Å². The first-order valence-electron chi connectivity index (χ1n) is 8.03. The van der Waals surface area contributed by atoms with Gasteiger partial charge in [-0.15, -0.1) is 0 Å². The summed E-state index contributed by atoms with van der Waals surface area (Å²) < 4.78 is 4.93.